The highest BCUT2D eigenvalue weighted by Crippen LogP contribution is 2.25. The minimum Gasteiger partial charge on any atom is -0.508 e. The van der Waals surface area contributed by atoms with Crippen LogP contribution in [0.25, 0.3) is 0 Å². The Morgan fingerprint density at radius 2 is 1.89 bits per heavy atom. The zero-order chi connectivity index (χ0) is 13.8. The first kappa shape index (κ1) is 13.9. The molecule has 0 bridgehead atoms. The molecule has 0 heterocycles. The van der Waals surface area contributed by atoms with E-state index >= 15 is 0 Å². The van der Waals surface area contributed by atoms with Crippen LogP contribution in [0.3, 0.4) is 0 Å². The molecule has 0 radical (unpaired) electrons. The Labute approximate surface area is 121 Å². The number of phenols is 2. The number of phenolic OH excluding ortho intramolecular Hbond substituents is 2. The molecule has 0 aliphatic heterocycles. The second-order valence-electron chi connectivity index (χ2n) is 4.44. The maximum atomic E-state index is 9.72. The Balaban J connectivity index is 2.04. The third-order valence-electron chi connectivity index (χ3n) is 3.04. The van der Waals surface area contributed by atoms with Crippen LogP contribution < -0.4 is 5.32 Å². The molecular weight excluding hydrogens is 306 g/mol. The van der Waals surface area contributed by atoms with Gasteiger partial charge >= 0.3 is 0 Å². The van der Waals surface area contributed by atoms with Gasteiger partial charge in [0.2, 0.25) is 0 Å². The van der Waals surface area contributed by atoms with Crippen molar-refractivity contribution in [3.8, 4) is 11.5 Å². The van der Waals surface area contributed by atoms with E-state index < -0.39 is 0 Å². The average Bonchev–Trinajstić information content (AvgIpc) is 2.38. The van der Waals surface area contributed by atoms with Crippen molar-refractivity contribution in [3.63, 3.8) is 0 Å². The third-order valence-corrected chi connectivity index (χ3v) is 3.76. The highest BCUT2D eigenvalue weighted by atomic mass is 79.9. The average molecular weight is 322 g/mol. The van der Waals surface area contributed by atoms with Crippen molar-refractivity contribution < 1.29 is 10.2 Å². The smallest absolute Gasteiger partial charge is 0.123 e. The number of nitrogens with one attached hydrogen (secondary N) is 1. The summed E-state index contributed by atoms with van der Waals surface area (Å²) in [4.78, 5) is 0. The molecule has 19 heavy (non-hydrogen) atoms. The van der Waals surface area contributed by atoms with Crippen LogP contribution in [0.5, 0.6) is 11.5 Å². The Morgan fingerprint density at radius 1 is 1.16 bits per heavy atom. The summed E-state index contributed by atoms with van der Waals surface area (Å²) in [6, 6.07) is 12.8. The molecule has 2 aromatic rings. The monoisotopic (exact) mass is 321 g/mol. The molecule has 0 saturated carbocycles. The van der Waals surface area contributed by atoms with Gasteiger partial charge in [-0.15, -0.1) is 0 Å². The van der Waals surface area contributed by atoms with Crippen LogP contribution in [0, 0.1) is 0 Å². The van der Waals surface area contributed by atoms with Gasteiger partial charge in [-0.2, -0.15) is 0 Å². The molecule has 3 N–H and O–H groups in total. The van der Waals surface area contributed by atoms with E-state index in [1.165, 1.54) is 11.6 Å². The van der Waals surface area contributed by atoms with E-state index in [0.29, 0.717) is 6.54 Å². The van der Waals surface area contributed by atoms with Gasteiger partial charge in [0.05, 0.1) is 0 Å². The minimum atomic E-state index is 0.0695. The third kappa shape index (κ3) is 3.49. The van der Waals surface area contributed by atoms with E-state index in [1.54, 1.807) is 12.1 Å². The second-order valence-corrected chi connectivity index (χ2v) is 5.29. The SMILES string of the molecule is CC(NCc1ccc(O)cc1O)c1ccccc1Br. The quantitative estimate of drug-likeness (QED) is 0.804. The molecular formula is C15H16BrNO2. The van der Waals surface area contributed by atoms with Gasteiger partial charge in [-0.25, -0.2) is 0 Å². The van der Waals surface area contributed by atoms with Crippen LogP contribution >= 0.6 is 15.9 Å². The molecule has 0 saturated heterocycles. The molecule has 0 aromatic heterocycles. The predicted molar refractivity (Wildman–Crippen MR) is 79.2 cm³/mol. The Bertz CT molecular complexity index is 572. The number of aromatic hydroxyl groups is 2. The lowest BCUT2D eigenvalue weighted by Gasteiger charge is -2.16. The highest BCUT2D eigenvalue weighted by molar-refractivity contribution is 9.10. The summed E-state index contributed by atoms with van der Waals surface area (Å²) in [6.07, 6.45) is 0. The largest absolute Gasteiger partial charge is 0.508 e. The van der Waals surface area contributed by atoms with Crippen LogP contribution in [0.15, 0.2) is 46.9 Å². The number of hydrogen-bond donors (Lipinski definition) is 3. The number of hydrogen-bond acceptors (Lipinski definition) is 3. The van der Waals surface area contributed by atoms with Crippen LogP contribution in [0.1, 0.15) is 24.1 Å². The molecule has 0 aliphatic rings. The lowest BCUT2D eigenvalue weighted by atomic mass is 10.1. The Kier molecular flexibility index (Phi) is 4.45. The number of benzene rings is 2. The van der Waals surface area contributed by atoms with Gasteiger partial charge in [0.1, 0.15) is 11.5 Å². The Hall–Kier alpha value is -1.52. The molecule has 3 nitrogen and oxygen atoms in total. The first-order valence-electron chi connectivity index (χ1n) is 6.06. The normalized spacial score (nSPS) is 12.3. The first-order valence-corrected chi connectivity index (χ1v) is 6.86. The fourth-order valence-corrected chi connectivity index (χ4v) is 2.53. The lowest BCUT2D eigenvalue weighted by molar-refractivity contribution is 0.441. The van der Waals surface area contributed by atoms with Crippen LogP contribution in [-0.4, -0.2) is 10.2 Å². The van der Waals surface area contributed by atoms with Crippen LogP contribution in [0.4, 0.5) is 0 Å². The van der Waals surface area contributed by atoms with Gasteiger partial charge in [-0.05, 0) is 24.6 Å². The van der Waals surface area contributed by atoms with Gasteiger partial charge in [0, 0.05) is 28.7 Å². The Morgan fingerprint density at radius 3 is 2.58 bits per heavy atom. The summed E-state index contributed by atoms with van der Waals surface area (Å²) in [5.41, 5.74) is 1.93. The topological polar surface area (TPSA) is 52.5 Å². The van der Waals surface area contributed by atoms with Crippen LogP contribution in [0.2, 0.25) is 0 Å². The summed E-state index contributed by atoms with van der Waals surface area (Å²) >= 11 is 3.52. The standard InChI is InChI=1S/C15H16BrNO2/c1-10(13-4-2-3-5-14(13)16)17-9-11-6-7-12(18)8-15(11)19/h2-8,10,17-19H,9H2,1H3. The molecule has 0 spiro atoms. The molecule has 2 aromatic carbocycles. The van der Waals surface area contributed by atoms with Crippen molar-refractivity contribution in [2.75, 3.05) is 0 Å². The highest BCUT2D eigenvalue weighted by Gasteiger charge is 2.09. The fraction of sp³-hybridized carbons (Fsp3) is 0.200. The lowest BCUT2D eigenvalue weighted by Crippen LogP contribution is -2.18. The van der Waals surface area contributed by atoms with Crippen molar-refractivity contribution in [1.29, 1.82) is 0 Å². The first-order chi connectivity index (χ1) is 9.08. The van der Waals surface area contributed by atoms with E-state index in [-0.39, 0.29) is 17.5 Å². The minimum absolute atomic E-state index is 0.0695. The van der Waals surface area contributed by atoms with Crippen molar-refractivity contribution in [2.24, 2.45) is 0 Å². The maximum absolute atomic E-state index is 9.72. The fourth-order valence-electron chi connectivity index (χ4n) is 1.90. The number of rotatable bonds is 4. The second kappa shape index (κ2) is 6.08. The van der Waals surface area contributed by atoms with E-state index in [1.807, 2.05) is 18.2 Å². The van der Waals surface area contributed by atoms with Crippen molar-refractivity contribution in [1.82, 2.24) is 5.32 Å². The van der Waals surface area contributed by atoms with Crippen LogP contribution in [-0.2, 0) is 6.54 Å². The van der Waals surface area contributed by atoms with E-state index in [2.05, 4.69) is 34.2 Å². The van der Waals surface area contributed by atoms with Crippen molar-refractivity contribution in [3.05, 3.63) is 58.1 Å². The zero-order valence-corrected chi connectivity index (χ0v) is 12.2. The van der Waals surface area contributed by atoms with Gasteiger partial charge in [0.15, 0.2) is 0 Å². The zero-order valence-electron chi connectivity index (χ0n) is 10.6. The molecule has 100 valence electrons. The van der Waals surface area contributed by atoms with Gasteiger partial charge in [-0.1, -0.05) is 40.2 Å². The van der Waals surface area contributed by atoms with E-state index in [0.717, 1.165) is 10.0 Å². The summed E-state index contributed by atoms with van der Waals surface area (Å²) in [7, 11) is 0. The number of halogens is 1. The summed E-state index contributed by atoms with van der Waals surface area (Å²) in [6.45, 7) is 2.60. The van der Waals surface area contributed by atoms with Crippen molar-refractivity contribution in [2.45, 2.75) is 19.5 Å². The van der Waals surface area contributed by atoms with E-state index in [9.17, 15) is 10.2 Å². The molecule has 2 rings (SSSR count). The molecule has 0 amide bonds. The van der Waals surface area contributed by atoms with Gasteiger partial charge in [0.25, 0.3) is 0 Å². The van der Waals surface area contributed by atoms with Crippen molar-refractivity contribution >= 4 is 15.9 Å². The molecule has 1 unspecified atom stereocenters. The molecule has 1 atom stereocenters. The summed E-state index contributed by atoms with van der Waals surface area (Å²) < 4.78 is 1.06. The summed E-state index contributed by atoms with van der Waals surface area (Å²) in [5, 5.41) is 22.3. The van der Waals surface area contributed by atoms with Gasteiger partial charge in [-0.3, -0.25) is 0 Å². The molecule has 4 heteroatoms. The predicted octanol–water partition coefficient (Wildman–Crippen LogP) is 3.71. The molecule has 0 aliphatic carbocycles. The van der Waals surface area contributed by atoms with Gasteiger partial charge < -0.3 is 15.5 Å². The molecule has 0 fully saturated rings. The summed E-state index contributed by atoms with van der Waals surface area (Å²) in [5.74, 6) is 0.173. The maximum Gasteiger partial charge on any atom is 0.123 e. The van der Waals surface area contributed by atoms with E-state index in [4.69, 9.17) is 0 Å².